The Morgan fingerprint density at radius 2 is 1.79 bits per heavy atom. The number of rotatable bonds is 7. The lowest BCUT2D eigenvalue weighted by Crippen LogP contribution is -2.49. The third-order valence-corrected chi connectivity index (χ3v) is 6.93. The predicted octanol–water partition coefficient (Wildman–Crippen LogP) is 3.07. The molecule has 9 nitrogen and oxygen atoms in total. The summed E-state index contributed by atoms with van der Waals surface area (Å²) in [6.45, 7) is 10.9. The van der Waals surface area contributed by atoms with Gasteiger partial charge in [-0.25, -0.2) is 15.0 Å². The number of morpholine rings is 1. The van der Waals surface area contributed by atoms with E-state index in [9.17, 15) is 5.11 Å². The van der Waals surface area contributed by atoms with Crippen molar-refractivity contribution in [2.24, 2.45) is 0 Å². The largest absolute Gasteiger partial charge is 0.508 e. The Labute approximate surface area is 200 Å². The molecule has 2 aliphatic rings. The lowest BCUT2D eigenvalue weighted by Gasteiger charge is -2.40. The molecule has 1 aromatic carbocycles. The second kappa shape index (κ2) is 10.1. The van der Waals surface area contributed by atoms with E-state index in [2.05, 4.69) is 43.5 Å². The molecule has 4 heterocycles. The van der Waals surface area contributed by atoms with E-state index in [0.717, 1.165) is 93.7 Å². The Kier molecular flexibility index (Phi) is 6.82. The lowest BCUT2D eigenvalue weighted by molar-refractivity contribution is 0.0114. The van der Waals surface area contributed by atoms with E-state index < -0.39 is 0 Å². The van der Waals surface area contributed by atoms with Crippen LogP contribution in [0.3, 0.4) is 0 Å². The number of ether oxygens (including phenoxy) is 1. The minimum atomic E-state index is 0.247. The first kappa shape index (κ1) is 22.9. The highest BCUT2D eigenvalue weighted by molar-refractivity contribution is 5.85. The fraction of sp³-hybridized carbons (Fsp3) is 0.560. The van der Waals surface area contributed by atoms with Crippen molar-refractivity contribution in [1.82, 2.24) is 24.4 Å². The number of nitrogens with one attached hydrogen (secondary N) is 1. The van der Waals surface area contributed by atoms with Gasteiger partial charge in [0.05, 0.1) is 13.2 Å². The summed E-state index contributed by atoms with van der Waals surface area (Å²) >= 11 is 0. The van der Waals surface area contributed by atoms with Crippen LogP contribution in [0, 0.1) is 0 Å². The van der Waals surface area contributed by atoms with E-state index in [1.54, 1.807) is 18.5 Å². The molecule has 34 heavy (non-hydrogen) atoms. The van der Waals surface area contributed by atoms with Crippen LogP contribution in [0.4, 0.5) is 11.8 Å². The summed E-state index contributed by atoms with van der Waals surface area (Å²) < 4.78 is 7.78. The van der Waals surface area contributed by atoms with Gasteiger partial charge in [-0.1, -0.05) is 12.1 Å². The monoisotopic (exact) mass is 465 g/mol. The van der Waals surface area contributed by atoms with Crippen LogP contribution in [0.25, 0.3) is 11.2 Å². The summed E-state index contributed by atoms with van der Waals surface area (Å²) in [5.74, 6) is 2.05. The third kappa shape index (κ3) is 4.81. The van der Waals surface area contributed by atoms with Gasteiger partial charge in [0.2, 0.25) is 5.95 Å². The molecule has 2 aromatic heterocycles. The first-order valence-electron chi connectivity index (χ1n) is 12.4. The first-order valence-corrected chi connectivity index (χ1v) is 12.4. The molecular weight excluding hydrogens is 430 g/mol. The zero-order valence-electron chi connectivity index (χ0n) is 20.2. The molecule has 2 aliphatic heterocycles. The summed E-state index contributed by atoms with van der Waals surface area (Å²) in [4.78, 5) is 19.2. The van der Waals surface area contributed by atoms with Crippen molar-refractivity contribution in [3.8, 4) is 5.75 Å². The van der Waals surface area contributed by atoms with E-state index in [1.807, 2.05) is 12.1 Å². The predicted molar refractivity (Wildman–Crippen MR) is 134 cm³/mol. The number of hydrogen-bond acceptors (Lipinski definition) is 8. The van der Waals surface area contributed by atoms with E-state index in [1.165, 1.54) is 0 Å². The number of phenols is 1. The van der Waals surface area contributed by atoms with Crippen molar-refractivity contribution >= 4 is 22.9 Å². The Bertz CT molecular complexity index is 1080. The number of aromatic nitrogens is 4. The van der Waals surface area contributed by atoms with Gasteiger partial charge < -0.3 is 20.1 Å². The van der Waals surface area contributed by atoms with Gasteiger partial charge in [0.25, 0.3) is 0 Å². The lowest BCUT2D eigenvalue weighted by atomic mass is 10.0. The van der Waals surface area contributed by atoms with E-state index in [4.69, 9.17) is 9.72 Å². The molecule has 0 atom stereocenters. The minimum Gasteiger partial charge on any atom is -0.508 e. The van der Waals surface area contributed by atoms with Gasteiger partial charge in [-0.2, -0.15) is 0 Å². The van der Waals surface area contributed by atoms with Gasteiger partial charge in [0.1, 0.15) is 12.1 Å². The average molecular weight is 466 g/mol. The van der Waals surface area contributed by atoms with Crippen LogP contribution in [-0.2, 0) is 11.2 Å². The summed E-state index contributed by atoms with van der Waals surface area (Å²) in [5, 5.41) is 12.9. The molecule has 5 rings (SSSR count). The zero-order valence-corrected chi connectivity index (χ0v) is 20.2. The quantitative estimate of drug-likeness (QED) is 0.550. The summed E-state index contributed by atoms with van der Waals surface area (Å²) in [6, 6.07) is 8.21. The highest BCUT2D eigenvalue weighted by atomic mass is 16.5. The van der Waals surface area contributed by atoms with Crippen molar-refractivity contribution in [2.75, 3.05) is 56.2 Å². The highest BCUT2D eigenvalue weighted by Gasteiger charge is 2.29. The van der Waals surface area contributed by atoms with Gasteiger partial charge in [-0.15, -0.1) is 0 Å². The number of piperidine rings is 1. The number of fused-ring (bicyclic) bond motifs is 1. The van der Waals surface area contributed by atoms with Crippen LogP contribution in [0.15, 0.2) is 30.6 Å². The Morgan fingerprint density at radius 1 is 1.06 bits per heavy atom. The van der Waals surface area contributed by atoms with Crippen molar-refractivity contribution in [3.63, 3.8) is 0 Å². The fourth-order valence-corrected chi connectivity index (χ4v) is 5.09. The molecule has 0 aliphatic carbocycles. The maximum atomic E-state index is 9.49. The molecule has 2 N–H and O–H groups in total. The molecule has 2 saturated heterocycles. The van der Waals surface area contributed by atoms with E-state index in [-0.39, 0.29) is 11.8 Å². The molecule has 182 valence electrons. The van der Waals surface area contributed by atoms with Gasteiger partial charge in [0, 0.05) is 44.8 Å². The van der Waals surface area contributed by atoms with Crippen LogP contribution in [0.2, 0.25) is 0 Å². The number of hydrogen-bond donors (Lipinski definition) is 2. The van der Waals surface area contributed by atoms with Crippen molar-refractivity contribution < 1.29 is 9.84 Å². The molecular formula is C25H35N7O2. The molecule has 0 amide bonds. The van der Waals surface area contributed by atoms with Gasteiger partial charge in [0.15, 0.2) is 17.0 Å². The number of benzene rings is 1. The van der Waals surface area contributed by atoms with Gasteiger partial charge in [-0.3, -0.25) is 9.47 Å². The van der Waals surface area contributed by atoms with Crippen LogP contribution in [0.1, 0.15) is 38.3 Å². The van der Waals surface area contributed by atoms with E-state index in [0.29, 0.717) is 6.04 Å². The molecule has 3 aromatic rings. The Hall–Kier alpha value is -2.91. The number of phenolic OH excluding ortho intramolecular Hbond substituents is 1. The molecule has 0 unspecified atom stereocenters. The van der Waals surface area contributed by atoms with Gasteiger partial charge in [-0.05, 0) is 50.8 Å². The Balaban J connectivity index is 1.32. The van der Waals surface area contributed by atoms with Gasteiger partial charge >= 0.3 is 0 Å². The molecule has 9 heteroatoms. The second-order valence-electron chi connectivity index (χ2n) is 9.48. The molecule has 0 radical (unpaired) electrons. The smallest absolute Gasteiger partial charge is 0.208 e. The second-order valence-corrected chi connectivity index (χ2v) is 9.48. The summed E-state index contributed by atoms with van der Waals surface area (Å²) in [5.41, 5.74) is 2.86. The topological polar surface area (TPSA) is 91.6 Å². The van der Waals surface area contributed by atoms with Crippen molar-refractivity contribution in [3.05, 3.63) is 36.2 Å². The molecule has 2 fully saturated rings. The molecule has 0 saturated carbocycles. The molecule has 0 spiro atoms. The fourth-order valence-electron chi connectivity index (χ4n) is 5.09. The van der Waals surface area contributed by atoms with E-state index >= 15 is 0 Å². The summed E-state index contributed by atoms with van der Waals surface area (Å²) in [6.07, 6.45) is 4.74. The normalized spacial score (nSPS) is 18.1. The summed E-state index contributed by atoms with van der Waals surface area (Å²) in [7, 11) is 0. The number of anilines is 2. The maximum Gasteiger partial charge on any atom is 0.208 e. The number of aromatic hydroxyl groups is 1. The van der Waals surface area contributed by atoms with Crippen molar-refractivity contribution in [1.29, 1.82) is 0 Å². The number of nitrogens with zero attached hydrogens (tertiary/aromatic N) is 6. The van der Waals surface area contributed by atoms with Crippen molar-refractivity contribution in [2.45, 2.75) is 45.2 Å². The van der Waals surface area contributed by atoms with Crippen LogP contribution in [0.5, 0.6) is 5.75 Å². The van der Waals surface area contributed by atoms with Crippen LogP contribution >= 0.6 is 0 Å². The standard InChI is InChI=1S/C25H35N7O2/c1-18(2)32-24-22(23(27-17-28-24)26-10-7-19-3-5-21(33)6-4-19)29-25(32)31-11-8-20(9-12-31)30-13-15-34-16-14-30/h3-6,17-18,20,33H,7-16H2,1-2H3,(H,26,27,28). The minimum absolute atomic E-state index is 0.247. The highest BCUT2D eigenvalue weighted by Crippen LogP contribution is 2.31. The SMILES string of the molecule is CC(C)n1c(N2CCC(N3CCOCC3)CC2)nc2c(NCCc3ccc(O)cc3)ncnc21. The maximum absolute atomic E-state index is 9.49. The third-order valence-electron chi connectivity index (χ3n) is 6.93. The van der Waals surface area contributed by atoms with Crippen LogP contribution < -0.4 is 10.2 Å². The average Bonchev–Trinajstić information content (AvgIpc) is 3.27. The van der Waals surface area contributed by atoms with Crippen LogP contribution in [-0.4, -0.2) is 81.5 Å². The first-order chi connectivity index (χ1) is 16.6. The molecule has 0 bridgehead atoms. The number of imidazole rings is 1. The Morgan fingerprint density at radius 3 is 2.50 bits per heavy atom. The zero-order chi connectivity index (χ0) is 23.5.